The molecule has 0 aliphatic rings. The van der Waals surface area contributed by atoms with E-state index in [2.05, 4.69) is 55.0 Å². The minimum atomic E-state index is 0.176. The summed E-state index contributed by atoms with van der Waals surface area (Å²) in [7, 11) is 0. The highest BCUT2D eigenvalue weighted by atomic mass is 32.1. The van der Waals surface area contributed by atoms with Gasteiger partial charge in [-0.1, -0.05) is 45.0 Å². The Labute approximate surface area is 113 Å². The number of benzene rings is 1. The van der Waals surface area contributed by atoms with Crippen LogP contribution < -0.4 is 0 Å². The molecule has 0 radical (unpaired) electrons. The SMILES string of the molecule is Cc1cc(-c2ccc(C(C)(C)C)cc2)nc(=S)[nH]1. The zero-order chi connectivity index (χ0) is 13.3. The second-order valence-corrected chi connectivity index (χ2v) is 5.97. The number of nitrogens with one attached hydrogen (secondary N) is 1. The zero-order valence-corrected chi connectivity index (χ0v) is 12.1. The highest BCUT2D eigenvalue weighted by Crippen LogP contribution is 2.25. The first-order chi connectivity index (χ1) is 8.36. The van der Waals surface area contributed by atoms with Gasteiger partial charge in [-0.25, -0.2) is 4.98 Å². The first-order valence-electron chi connectivity index (χ1n) is 6.05. The van der Waals surface area contributed by atoms with Gasteiger partial charge in [0.2, 0.25) is 0 Å². The van der Waals surface area contributed by atoms with E-state index < -0.39 is 0 Å². The Hall–Kier alpha value is -1.48. The average Bonchev–Trinajstić information content (AvgIpc) is 2.27. The van der Waals surface area contributed by atoms with Gasteiger partial charge >= 0.3 is 0 Å². The molecule has 2 aromatic rings. The van der Waals surface area contributed by atoms with Crippen LogP contribution in [0.2, 0.25) is 0 Å². The number of hydrogen-bond acceptors (Lipinski definition) is 2. The number of rotatable bonds is 1. The van der Waals surface area contributed by atoms with Crippen LogP contribution in [0.1, 0.15) is 32.0 Å². The van der Waals surface area contributed by atoms with Gasteiger partial charge in [-0.2, -0.15) is 0 Å². The predicted molar refractivity (Wildman–Crippen MR) is 78.3 cm³/mol. The van der Waals surface area contributed by atoms with Crippen LogP contribution in [0.25, 0.3) is 11.3 Å². The van der Waals surface area contributed by atoms with E-state index in [1.54, 1.807) is 0 Å². The molecular weight excluding hydrogens is 240 g/mol. The summed E-state index contributed by atoms with van der Waals surface area (Å²) in [6.45, 7) is 8.63. The second kappa shape index (κ2) is 4.65. The number of aromatic nitrogens is 2. The van der Waals surface area contributed by atoms with Gasteiger partial charge in [0.15, 0.2) is 4.77 Å². The first-order valence-corrected chi connectivity index (χ1v) is 6.46. The fraction of sp³-hybridized carbons (Fsp3) is 0.333. The molecule has 1 aromatic heterocycles. The number of H-pyrrole nitrogens is 1. The van der Waals surface area contributed by atoms with Crippen LogP contribution >= 0.6 is 12.2 Å². The molecule has 0 spiro atoms. The quantitative estimate of drug-likeness (QED) is 0.767. The Bertz CT molecular complexity index is 604. The number of aryl methyl sites for hydroxylation is 1. The van der Waals surface area contributed by atoms with Gasteiger partial charge < -0.3 is 4.98 Å². The van der Waals surface area contributed by atoms with E-state index in [1.807, 2.05) is 13.0 Å². The summed E-state index contributed by atoms with van der Waals surface area (Å²) in [5, 5.41) is 0. The Morgan fingerprint density at radius 3 is 2.22 bits per heavy atom. The molecule has 2 nitrogen and oxygen atoms in total. The predicted octanol–water partition coefficient (Wildman–Crippen LogP) is 4.41. The van der Waals surface area contributed by atoms with Crippen molar-refractivity contribution in [3.8, 4) is 11.3 Å². The minimum absolute atomic E-state index is 0.176. The molecule has 0 unspecified atom stereocenters. The lowest BCUT2D eigenvalue weighted by Gasteiger charge is -2.19. The van der Waals surface area contributed by atoms with Crippen molar-refractivity contribution in [2.24, 2.45) is 0 Å². The number of nitrogens with zero attached hydrogens (tertiary/aromatic N) is 1. The first kappa shape index (κ1) is 13.0. The van der Waals surface area contributed by atoms with E-state index >= 15 is 0 Å². The maximum absolute atomic E-state index is 5.11. The highest BCUT2D eigenvalue weighted by molar-refractivity contribution is 7.71. The van der Waals surface area contributed by atoms with Gasteiger partial charge in [0, 0.05) is 11.3 Å². The minimum Gasteiger partial charge on any atom is -0.335 e. The molecule has 18 heavy (non-hydrogen) atoms. The van der Waals surface area contributed by atoms with E-state index in [-0.39, 0.29) is 5.41 Å². The van der Waals surface area contributed by atoms with E-state index in [9.17, 15) is 0 Å². The highest BCUT2D eigenvalue weighted by Gasteiger charge is 2.13. The summed E-state index contributed by atoms with van der Waals surface area (Å²) in [4.78, 5) is 7.38. The van der Waals surface area contributed by atoms with Crippen LogP contribution in [0.4, 0.5) is 0 Å². The fourth-order valence-electron chi connectivity index (χ4n) is 1.87. The summed E-state index contributed by atoms with van der Waals surface area (Å²) in [5.41, 5.74) is 4.56. The third-order valence-electron chi connectivity index (χ3n) is 2.93. The van der Waals surface area contributed by atoms with Crippen LogP contribution in [-0.2, 0) is 5.41 Å². The zero-order valence-electron chi connectivity index (χ0n) is 11.2. The van der Waals surface area contributed by atoms with E-state index in [0.717, 1.165) is 17.0 Å². The molecule has 3 heteroatoms. The van der Waals surface area contributed by atoms with Crippen LogP contribution in [0.3, 0.4) is 0 Å². The topological polar surface area (TPSA) is 28.7 Å². The maximum atomic E-state index is 5.11. The summed E-state index contributed by atoms with van der Waals surface area (Å²) in [6, 6.07) is 10.5. The van der Waals surface area contributed by atoms with E-state index in [1.165, 1.54) is 5.56 Å². The molecule has 1 heterocycles. The van der Waals surface area contributed by atoms with Crippen molar-refractivity contribution < 1.29 is 0 Å². The van der Waals surface area contributed by atoms with Crippen molar-refractivity contribution in [3.05, 3.63) is 46.4 Å². The van der Waals surface area contributed by atoms with Gasteiger partial charge in [0.25, 0.3) is 0 Å². The van der Waals surface area contributed by atoms with Gasteiger partial charge in [0.1, 0.15) is 0 Å². The van der Waals surface area contributed by atoms with Crippen molar-refractivity contribution >= 4 is 12.2 Å². The lowest BCUT2D eigenvalue weighted by Crippen LogP contribution is -2.10. The smallest absolute Gasteiger partial charge is 0.197 e. The molecule has 1 N–H and O–H groups in total. The van der Waals surface area contributed by atoms with E-state index in [4.69, 9.17) is 12.2 Å². The molecular formula is C15H18N2S. The monoisotopic (exact) mass is 258 g/mol. The average molecular weight is 258 g/mol. The van der Waals surface area contributed by atoms with Gasteiger partial charge in [-0.3, -0.25) is 0 Å². The normalized spacial score (nSPS) is 11.6. The van der Waals surface area contributed by atoms with Crippen molar-refractivity contribution in [1.82, 2.24) is 9.97 Å². The lowest BCUT2D eigenvalue weighted by molar-refractivity contribution is 0.590. The third-order valence-corrected chi connectivity index (χ3v) is 3.12. The Balaban J connectivity index is 2.43. The standard InChI is InChI=1S/C15H18N2S/c1-10-9-13(17-14(18)16-10)11-5-7-12(8-6-11)15(2,3)4/h5-9H,1-4H3,(H,16,17,18). The molecule has 0 atom stereocenters. The molecule has 0 saturated carbocycles. The lowest BCUT2D eigenvalue weighted by atomic mass is 9.86. The maximum Gasteiger partial charge on any atom is 0.197 e. The largest absolute Gasteiger partial charge is 0.335 e. The number of hydrogen-bond donors (Lipinski definition) is 1. The van der Waals surface area contributed by atoms with Crippen LogP contribution in [0.5, 0.6) is 0 Å². The Morgan fingerprint density at radius 2 is 1.72 bits per heavy atom. The molecule has 0 fully saturated rings. The van der Waals surface area contributed by atoms with Gasteiger partial charge in [0.05, 0.1) is 5.69 Å². The molecule has 0 aliphatic heterocycles. The van der Waals surface area contributed by atoms with Crippen LogP contribution in [0, 0.1) is 11.7 Å². The Morgan fingerprint density at radius 1 is 1.11 bits per heavy atom. The summed E-state index contributed by atoms with van der Waals surface area (Å²) >= 11 is 5.11. The molecule has 0 bridgehead atoms. The molecule has 0 amide bonds. The molecule has 0 saturated heterocycles. The van der Waals surface area contributed by atoms with E-state index in [0.29, 0.717) is 4.77 Å². The Kier molecular flexibility index (Phi) is 3.35. The van der Waals surface area contributed by atoms with Gasteiger partial charge in [-0.15, -0.1) is 0 Å². The van der Waals surface area contributed by atoms with Crippen LogP contribution in [-0.4, -0.2) is 9.97 Å². The number of aromatic amines is 1. The van der Waals surface area contributed by atoms with Crippen molar-refractivity contribution in [3.63, 3.8) is 0 Å². The molecule has 0 aliphatic carbocycles. The second-order valence-electron chi connectivity index (χ2n) is 5.58. The third kappa shape index (κ3) is 2.85. The van der Waals surface area contributed by atoms with Crippen molar-refractivity contribution in [2.45, 2.75) is 33.1 Å². The van der Waals surface area contributed by atoms with Crippen molar-refractivity contribution in [1.29, 1.82) is 0 Å². The fourth-order valence-corrected chi connectivity index (χ4v) is 2.13. The summed E-state index contributed by atoms with van der Waals surface area (Å²) < 4.78 is 0.532. The van der Waals surface area contributed by atoms with Gasteiger partial charge in [-0.05, 0) is 36.2 Å². The molecule has 1 aromatic carbocycles. The molecule has 94 valence electrons. The van der Waals surface area contributed by atoms with Crippen molar-refractivity contribution in [2.75, 3.05) is 0 Å². The summed E-state index contributed by atoms with van der Waals surface area (Å²) in [5.74, 6) is 0. The molecule has 2 rings (SSSR count). The van der Waals surface area contributed by atoms with Crippen LogP contribution in [0.15, 0.2) is 30.3 Å². The summed E-state index contributed by atoms with van der Waals surface area (Å²) in [6.07, 6.45) is 0.